The van der Waals surface area contributed by atoms with Gasteiger partial charge in [-0.15, -0.1) is 0 Å². The summed E-state index contributed by atoms with van der Waals surface area (Å²) in [5.41, 5.74) is 0. The van der Waals surface area contributed by atoms with Gasteiger partial charge >= 0.3 is 0 Å². The molecule has 1 atom stereocenters. The van der Waals surface area contributed by atoms with Crippen LogP contribution in [0.4, 0.5) is 0 Å². The van der Waals surface area contributed by atoms with Crippen molar-refractivity contribution in [1.29, 1.82) is 0 Å². The van der Waals surface area contributed by atoms with E-state index in [9.17, 15) is 0 Å². The molecule has 0 aliphatic rings. The second-order valence-electron chi connectivity index (χ2n) is 3.22. The molecule has 0 N–H and O–H groups in total. The van der Waals surface area contributed by atoms with E-state index in [1.54, 1.807) is 0 Å². The third-order valence-corrected chi connectivity index (χ3v) is 5.03. The van der Waals surface area contributed by atoms with Gasteiger partial charge in [0.15, 0.2) is 0 Å². The number of hydrogen-bond donors (Lipinski definition) is 0. The van der Waals surface area contributed by atoms with E-state index in [2.05, 4.69) is 52.6 Å². The third kappa shape index (κ3) is 3.75. The fourth-order valence-corrected chi connectivity index (χ4v) is 2.35. The van der Waals surface area contributed by atoms with Gasteiger partial charge in [0.25, 0.3) is 0 Å². The molecule has 3 heteroatoms. The lowest BCUT2D eigenvalue weighted by molar-refractivity contribution is -0.922. The van der Waals surface area contributed by atoms with E-state index in [-0.39, 0.29) is 0 Å². The van der Waals surface area contributed by atoms with Gasteiger partial charge in [-0.2, -0.15) is 0 Å². The average molecular weight is 302 g/mol. The van der Waals surface area contributed by atoms with Gasteiger partial charge in [0, 0.05) is 5.33 Å². The summed E-state index contributed by atoms with van der Waals surface area (Å²) in [7, 11) is 0. The van der Waals surface area contributed by atoms with Crippen LogP contribution in [0.3, 0.4) is 0 Å². The van der Waals surface area contributed by atoms with E-state index in [1.165, 1.54) is 30.7 Å². The van der Waals surface area contributed by atoms with Crippen molar-refractivity contribution in [2.45, 2.75) is 25.6 Å². The summed E-state index contributed by atoms with van der Waals surface area (Å²) in [6, 6.07) is 0. The van der Waals surface area contributed by atoms with Gasteiger partial charge in [-0.25, -0.2) is 0 Å². The van der Waals surface area contributed by atoms with Crippen molar-refractivity contribution < 1.29 is 4.48 Å². The van der Waals surface area contributed by atoms with Crippen molar-refractivity contribution in [2.75, 3.05) is 31.5 Å². The summed E-state index contributed by atoms with van der Waals surface area (Å²) in [6.07, 6.45) is 0. The molecule has 0 radical (unpaired) electrons. The van der Waals surface area contributed by atoms with Crippen LogP contribution >= 0.6 is 31.9 Å². The Kier molecular flexibility index (Phi) is 6.87. The molecule has 0 aromatic rings. The molecule has 0 fully saturated rings. The Morgan fingerprint density at radius 1 is 1.08 bits per heavy atom. The van der Waals surface area contributed by atoms with Crippen LogP contribution in [0, 0.1) is 0 Å². The first-order chi connectivity index (χ1) is 5.64. The summed E-state index contributed by atoms with van der Waals surface area (Å²) >= 11 is 7.17. The summed E-state index contributed by atoms with van der Waals surface area (Å²) in [5, 5.41) is 1.05. The number of rotatable bonds is 6. The first-order valence-electron chi connectivity index (χ1n) is 4.69. The largest absolute Gasteiger partial charge is 0.323 e. The van der Waals surface area contributed by atoms with Crippen molar-refractivity contribution >= 4 is 31.9 Å². The minimum Gasteiger partial charge on any atom is -0.323 e. The molecule has 0 aromatic heterocycles. The van der Waals surface area contributed by atoms with Gasteiger partial charge in [0.2, 0.25) is 0 Å². The van der Waals surface area contributed by atoms with Crippen LogP contribution in [0.25, 0.3) is 0 Å². The second-order valence-corrected chi connectivity index (χ2v) is 5.17. The maximum absolute atomic E-state index is 3.67. The Labute approximate surface area is 93.4 Å². The first-order valence-corrected chi connectivity index (χ1v) is 6.73. The Hall–Kier alpha value is 0.920. The maximum Gasteiger partial charge on any atom is 0.0921 e. The van der Waals surface area contributed by atoms with Crippen LogP contribution in [-0.4, -0.2) is 40.8 Å². The van der Waals surface area contributed by atoms with Crippen molar-refractivity contribution in [2.24, 2.45) is 0 Å². The number of quaternary nitrogens is 1. The van der Waals surface area contributed by atoms with E-state index >= 15 is 0 Å². The second kappa shape index (κ2) is 6.39. The molecule has 0 unspecified atom stereocenters. The summed E-state index contributed by atoms with van der Waals surface area (Å²) in [6.45, 7) is 11.8. The van der Waals surface area contributed by atoms with Crippen molar-refractivity contribution in [3.63, 3.8) is 0 Å². The lowest BCUT2D eigenvalue weighted by atomic mass is 10.3. The van der Waals surface area contributed by atoms with E-state index in [4.69, 9.17) is 0 Å². The molecule has 74 valence electrons. The Balaban J connectivity index is 4.09. The zero-order valence-electron chi connectivity index (χ0n) is 8.32. The van der Waals surface area contributed by atoms with Crippen molar-refractivity contribution in [3.05, 3.63) is 0 Å². The maximum atomic E-state index is 3.67. The molecule has 0 aromatic carbocycles. The molecule has 1 nitrogen and oxygen atoms in total. The van der Waals surface area contributed by atoms with Crippen LogP contribution < -0.4 is 0 Å². The minimum absolute atomic E-state index is 0.609. The standard InChI is InChI=1S/C9H20Br2N/c1-4-12(5-2,6-3)8-9(11)7-10/h9H,4-8H2,1-3H3/q+1/t9-/m1/s1. The Morgan fingerprint density at radius 3 is 1.75 bits per heavy atom. The molecule has 12 heavy (non-hydrogen) atoms. The lowest BCUT2D eigenvalue weighted by Crippen LogP contribution is -2.51. The zero-order chi connectivity index (χ0) is 9.61. The summed E-state index contributed by atoms with van der Waals surface area (Å²) < 4.78 is 1.22. The van der Waals surface area contributed by atoms with E-state index in [0.29, 0.717) is 4.83 Å². The highest BCUT2D eigenvalue weighted by atomic mass is 79.9. The molecule has 0 aliphatic heterocycles. The van der Waals surface area contributed by atoms with Gasteiger partial charge in [-0.3, -0.25) is 0 Å². The SMILES string of the molecule is CC[N+](CC)(CC)C[C@H](Br)CBr. The molecule has 0 amide bonds. The molecular weight excluding hydrogens is 282 g/mol. The Bertz CT molecular complexity index is 105. The lowest BCUT2D eigenvalue weighted by Gasteiger charge is -2.37. The summed E-state index contributed by atoms with van der Waals surface area (Å²) in [4.78, 5) is 0.609. The molecule has 0 rings (SSSR count). The fraction of sp³-hybridized carbons (Fsp3) is 1.00. The number of halogens is 2. The quantitative estimate of drug-likeness (QED) is 0.522. The first kappa shape index (κ1) is 12.9. The van der Waals surface area contributed by atoms with Gasteiger partial charge in [0.1, 0.15) is 0 Å². The number of alkyl halides is 2. The van der Waals surface area contributed by atoms with Gasteiger partial charge in [0.05, 0.1) is 31.0 Å². The molecule has 0 heterocycles. The summed E-state index contributed by atoms with van der Waals surface area (Å²) in [5.74, 6) is 0. The predicted molar refractivity (Wildman–Crippen MR) is 63.3 cm³/mol. The van der Waals surface area contributed by atoms with E-state index in [0.717, 1.165) is 5.33 Å². The van der Waals surface area contributed by atoms with E-state index in [1.807, 2.05) is 0 Å². The van der Waals surface area contributed by atoms with Gasteiger partial charge < -0.3 is 4.48 Å². The third-order valence-electron chi connectivity index (χ3n) is 2.77. The smallest absolute Gasteiger partial charge is 0.0921 e. The zero-order valence-corrected chi connectivity index (χ0v) is 11.5. The highest BCUT2D eigenvalue weighted by Gasteiger charge is 2.23. The molecule has 0 spiro atoms. The van der Waals surface area contributed by atoms with Crippen LogP contribution in [0.15, 0.2) is 0 Å². The normalized spacial score (nSPS) is 14.8. The average Bonchev–Trinajstić information content (AvgIpc) is 2.14. The molecule has 0 aliphatic carbocycles. The van der Waals surface area contributed by atoms with Gasteiger partial charge in [-0.05, 0) is 20.8 Å². The Morgan fingerprint density at radius 2 is 1.50 bits per heavy atom. The van der Waals surface area contributed by atoms with Gasteiger partial charge in [-0.1, -0.05) is 31.9 Å². The van der Waals surface area contributed by atoms with Crippen LogP contribution in [0.5, 0.6) is 0 Å². The molecule has 0 saturated carbocycles. The van der Waals surface area contributed by atoms with Crippen molar-refractivity contribution in [1.82, 2.24) is 0 Å². The van der Waals surface area contributed by atoms with Crippen LogP contribution in [0.1, 0.15) is 20.8 Å². The number of nitrogens with zero attached hydrogens (tertiary/aromatic N) is 1. The fourth-order valence-electron chi connectivity index (χ4n) is 1.53. The van der Waals surface area contributed by atoms with Crippen LogP contribution in [-0.2, 0) is 0 Å². The highest BCUT2D eigenvalue weighted by Crippen LogP contribution is 2.13. The molecule has 0 bridgehead atoms. The van der Waals surface area contributed by atoms with Crippen LogP contribution in [0.2, 0.25) is 0 Å². The predicted octanol–water partition coefficient (Wildman–Crippen LogP) is 3.02. The number of hydrogen-bond acceptors (Lipinski definition) is 0. The molecular formula is C9H20Br2N+. The van der Waals surface area contributed by atoms with Crippen molar-refractivity contribution in [3.8, 4) is 0 Å². The minimum atomic E-state index is 0.609. The highest BCUT2D eigenvalue weighted by molar-refractivity contribution is 9.12. The topological polar surface area (TPSA) is 0 Å². The van der Waals surface area contributed by atoms with E-state index < -0.39 is 0 Å². The monoisotopic (exact) mass is 300 g/mol. The molecule has 0 saturated heterocycles.